The number of nitrogen functional groups attached to an aromatic ring is 1. The molecule has 2 aromatic rings. The van der Waals surface area contributed by atoms with E-state index in [0.717, 1.165) is 24.0 Å². The second kappa shape index (κ2) is 8.08. The highest BCUT2D eigenvalue weighted by atomic mass is 32.1. The first-order chi connectivity index (χ1) is 12.3. The molecule has 4 N–H and O–H groups in total. The molecular formula is C17H16N4O4S. The van der Waals surface area contributed by atoms with Crippen molar-refractivity contribution in [3.8, 4) is 10.6 Å². The van der Waals surface area contributed by atoms with Crippen LogP contribution < -0.4 is 16.4 Å². The van der Waals surface area contributed by atoms with Gasteiger partial charge in [-0.3, -0.25) is 9.59 Å². The lowest BCUT2D eigenvalue weighted by Crippen LogP contribution is -2.35. The Morgan fingerprint density at radius 1 is 1.12 bits per heavy atom. The van der Waals surface area contributed by atoms with Gasteiger partial charge < -0.3 is 21.1 Å². The monoisotopic (exact) mass is 372 g/mol. The highest BCUT2D eigenvalue weighted by Crippen LogP contribution is 2.25. The minimum absolute atomic E-state index is 0.248. The zero-order chi connectivity index (χ0) is 19.3. The Balaban J connectivity index is 2.00. The van der Waals surface area contributed by atoms with Gasteiger partial charge >= 0.3 is 5.97 Å². The zero-order valence-corrected chi connectivity index (χ0v) is 14.7. The van der Waals surface area contributed by atoms with E-state index in [9.17, 15) is 14.4 Å². The molecule has 0 fully saturated rings. The summed E-state index contributed by atoms with van der Waals surface area (Å²) in [5, 5.41) is 5.15. The number of aromatic nitrogens is 1. The fraction of sp³-hybridized carbons (Fsp3) is 0.0588. The first kappa shape index (κ1) is 18.9. The Hall–Kier alpha value is -3.46. The van der Waals surface area contributed by atoms with Crippen LogP contribution in [0.2, 0.25) is 0 Å². The lowest BCUT2D eigenvalue weighted by atomic mass is 10.2. The van der Waals surface area contributed by atoms with Crippen LogP contribution >= 0.6 is 11.3 Å². The van der Waals surface area contributed by atoms with Gasteiger partial charge in [-0.05, 0) is 24.3 Å². The normalized spacial score (nSPS) is 9.88. The molecule has 0 radical (unpaired) electrons. The maximum absolute atomic E-state index is 12.2. The van der Waals surface area contributed by atoms with E-state index in [-0.39, 0.29) is 16.3 Å². The number of amides is 2. The second-order valence-electron chi connectivity index (χ2n) is 5.01. The fourth-order valence-corrected chi connectivity index (χ4v) is 2.60. The molecule has 0 spiro atoms. The Morgan fingerprint density at radius 2 is 1.77 bits per heavy atom. The average molecular weight is 372 g/mol. The third kappa shape index (κ3) is 4.54. The number of carbonyl (C=O) groups excluding carboxylic acids is 3. The largest absolute Gasteiger partial charge is 0.464 e. The molecule has 0 saturated carbocycles. The van der Waals surface area contributed by atoms with E-state index < -0.39 is 17.8 Å². The molecule has 0 aliphatic carbocycles. The molecular weight excluding hydrogens is 356 g/mol. The summed E-state index contributed by atoms with van der Waals surface area (Å²) in [6, 6.07) is 7.05. The number of methoxy groups -OCH3 is 1. The molecule has 0 unspecified atom stereocenters. The highest BCUT2D eigenvalue weighted by molar-refractivity contribution is 7.16. The molecule has 2 rings (SSSR count). The summed E-state index contributed by atoms with van der Waals surface area (Å²) in [5.41, 5.74) is 6.56. The summed E-state index contributed by atoms with van der Waals surface area (Å²) in [4.78, 5) is 39.8. The van der Waals surface area contributed by atoms with Gasteiger partial charge in [0.25, 0.3) is 11.8 Å². The summed E-state index contributed by atoms with van der Waals surface area (Å²) in [5.74, 6) is -2.13. The molecule has 2 amide bonds. The van der Waals surface area contributed by atoms with Crippen LogP contribution in [0, 0.1) is 0 Å². The third-order valence-electron chi connectivity index (χ3n) is 3.12. The second-order valence-corrected chi connectivity index (χ2v) is 6.04. The van der Waals surface area contributed by atoms with Crippen LogP contribution in [0.25, 0.3) is 10.6 Å². The number of thiazole rings is 1. The quantitative estimate of drug-likeness (QED) is 0.400. The molecule has 0 bridgehead atoms. The standard InChI is InChI=1S/C17H16N4O4S/c1-9(14(22)21-10(2)17(24)25-3)20-15(23)13-8-19-16(26-13)11-4-6-12(18)7-5-11/h4-8H,1-2,18H2,3H3,(H,20,23)(H,21,22). The molecule has 1 aromatic carbocycles. The van der Waals surface area contributed by atoms with Gasteiger partial charge in [0, 0.05) is 11.3 Å². The Morgan fingerprint density at radius 3 is 2.38 bits per heavy atom. The van der Waals surface area contributed by atoms with Crippen molar-refractivity contribution in [2.24, 2.45) is 0 Å². The molecule has 0 aliphatic rings. The van der Waals surface area contributed by atoms with E-state index in [1.807, 2.05) is 0 Å². The topological polar surface area (TPSA) is 123 Å². The summed E-state index contributed by atoms with van der Waals surface area (Å²) >= 11 is 1.15. The minimum atomic E-state index is -0.798. The van der Waals surface area contributed by atoms with Gasteiger partial charge in [0.05, 0.1) is 19.0 Å². The van der Waals surface area contributed by atoms with Gasteiger partial charge in [0.2, 0.25) is 0 Å². The number of hydrogen-bond donors (Lipinski definition) is 3. The van der Waals surface area contributed by atoms with Crippen molar-refractivity contribution in [3.05, 3.63) is 59.9 Å². The fourth-order valence-electron chi connectivity index (χ4n) is 1.78. The average Bonchev–Trinajstić information content (AvgIpc) is 3.11. The summed E-state index contributed by atoms with van der Waals surface area (Å²) in [7, 11) is 1.15. The maximum atomic E-state index is 12.2. The first-order valence-corrected chi connectivity index (χ1v) is 8.04. The number of anilines is 1. The summed E-state index contributed by atoms with van der Waals surface area (Å²) in [6.45, 7) is 6.82. The van der Waals surface area contributed by atoms with Crippen LogP contribution in [0.1, 0.15) is 9.67 Å². The smallest absolute Gasteiger partial charge is 0.353 e. The number of nitrogens with two attached hydrogens (primary N) is 1. The number of nitrogens with zero attached hydrogens (tertiary/aromatic N) is 1. The Labute approximate surface area is 153 Å². The van der Waals surface area contributed by atoms with Crippen molar-refractivity contribution in [2.75, 3.05) is 12.8 Å². The van der Waals surface area contributed by atoms with Crippen molar-refractivity contribution in [3.63, 3.8) is 0 Å². The minimum Gasteiger partial charge on any atom is -0.464 e. The van der Waals surface area contributed by atoms with Crippen LogP contribution in [-0.4, -0.2) is 29.9 Å². The number of nitrogens with one attached hydrogen (secondary N) is 2. The van der Waals surface area contributed by atoms with Crippen LogP contribution in [-0.2, 0) is 14.3 Å². The maximum Gasteiger partial charge on any atom is 0.353 e. The molecule has 1 heterocycles. The highest BCUT2D eigenvalue weighted by Gasteiger charge is 2.17. The van der Waals surface area contributed by atoms with Gasteiger partial charge in [0.15, 0.2) is 0 Å². The zero-order valence-electron chi connectivity index (χ0n) is 13.9. The first-order valence-electron chi connectivity index (χ1n) is 7.22. The molecule has 8 nitrogen and oxygen atoms in total. The number of esters is 1. The Kier molecular flexibility index (Phi) is 5.86. The SMILES string of the molecule is C=C(NC(=O)c1cnc(-c2ccc(N)cc2)s1)C(=O)NC(=C)C(=O)OC. The number of rotatable bonds is 6. The van der Waals surface area contributed by atoms with Gasteiger partial charge in [-0.1, -0.05) is 13.2 Å². The molecule has 0 saturated heterocycles. The van der Waals surface area contributed by atoms with Crippen LogP contribution in [0.15, 0.2) is 55.0 Å². The van der Waals surface area contributed by atoms with Crippen molar-refractivity contribution in [1.29, 1.82) is 0 Å². The lowest BCUT2D eigenvalue weighted by molar-refractivity contribution is -0.137. The number of benzene rings is 1. The van der Waals surface area contributed by atoms with Crippen LogP contribution in [0.5, 0.6) is 0 Å². The third-order valence-corrected chi connectivity index (χ3v) is 4.17. The number of carbonyl (C=O) groups is 3. The van der Waals surface area contributed by atoms with E-state index in [0.29, 0.717) is 10.7 Å². The lowest BCUT2D eigenvalue weighted by Gasteiger charge is -2.09. The molecule has 134 valence electrons. The number of hydrogen-bond acceptors (Lipinski definition) is 7. The molecule has 9 heteroatoms. The van der Waals surface area contributed by atoms with Crippen molar-refractivity contribution < 1.29 is 19.1 Å². The van der Waals surface area contributed by atoms with Gasteiger partial charge in [-0.25, -0.2) is 9.78 Å². The summed E-state index contributed by atoms with van der Waals surface area (Å²) in [6.07, 6.45) is 1.39. The number of ether oxygens (including phenoxy) is 1. The van der Waals surface area contributed by atoms with E-state index >= 15 is 0 Å². The van der Waals surface area contributed by atoms with E-state index in [1.54, 1.807) is 24.3 Å². The van der Waals surface area contributed by atoms with Crippen molar-refractivity contribution in [2.45, 2.75) is 0 Å². The van der Waals surface area contributed by atoms with Crippen molar-refractivity contribution in [1.82, 2.24) is 15.6 Å². The predicted molar refractivity (Wildman–Crippen MR) is 97.9 cm³/mol. The molecule has 0 aliphatic heterocycles. The molecule has 26 heavy (non-hydrogen) atoms. The van der Waals surface area contributed by atoms with Crippen LogP contribution in [0.3, 0.4) is 0 Å². The summed E-state index contributed by atoms with van der Waals surface area (Å²) < 4.78 is 4.41. The van der Waals surface area contributed by atoms with E-state index in [4.69, 9.17) is 5.73 Å². The van der Waals surface area contributed by atoms with E-state index in [1.165, 1.54) is 6.20 Å². The van der Waals surface area contributed by atoms with Gasteiger partial charge in [-0.15, -0.1) is 11.3 Å². The van der Waals surface area contributed by atoms with Gasteiger partial charge in [-0.2, -0.15) is 0 Å². The van der Waals surface area contributed by atoms with Crippen LogP contribution in [0.4, 0.5) is 5.69 Å². The van der Waals surface area contributed by atoms with Crippen molar-refractivity contribution >= 4 is 34.8 Å². The molecule has 1 aromatic heterocycles. The van der Waals surface area contributed by atoms with E-state index in [2.05, 4.69) is 33.5 Å². The Bertz CT molecular complexity index is 886. The predicted octanol–water partition coefficient (Wildman–Crippen LogP) is 1.44. The molecule has 0 atom stereocenters. The van der Waals surface area contributed by atoms with Gasteiger partial charge in [0.1, 0.15) is 15.6 Å².